The molecule has 0 aromatic carbocycles. The topological polar surface area (TPSA) is 62.9 Å². The van der Waals surface area contributed by atoms with Gasteiger partial charge in [0, 0.05) is 30.5 Å². The molecule has 168 valence electrons. The van der Waals surface area contributed by atoms with Crippen molar-refractivity contribution in [3.05, 3.63) is 60.3 Å². The number of allylic oxidation sites excluding steroid dienone is 3. The van der Waals surface area contributed by atoms with Crippen molar-refractivity contribution in [3.63, 3.8) is 0 Å². The van der Waals surface area contributed by atoms with Gasteiger partial charge in [-0.3, -0.25) is 4.99 Å². The Kier molecular flexibility index (Phi) is 10.5. The summed E-state index contributed by atoms with van der Waals surface area (Å²) in [4.78, 5) is 6.93. The third kappa shape index (κ3) is 9.38. The van der Waals surface area contributed by atoms with Crippen LogP contribution in [0.1, 0.15) is 54.4 Å². The quantitative estimate of drug-likeness (QED) is 0.286. The van der Waals surface area contributed by atoms with E-state index in [4.69, 9.17) is 10.5 Å². The number of hydrogen-bond donors (Lipinski definition) is 2. The predicted octanol–water partition coefficient (Wildman–Crippen LogP) is 4.91. The summed E-state index contributed by atoms with van der Waals surface area (Å²) in [5.41, 5.74) is 10.3. The van der Waals surface area contributed by atoms with Gasteiger partial charge in [-0.1, -0.05) is 33.1 Å². The molecule has 1 fully saturated rings. The number of hydrogen-bond acceptors (Lipinski definition) is 5. The fourth-order valence-corrected chi connectivity index (χ4v) is 3.18. The second-order valence-electron chi connectivity index (χ2n) is 8.69. The largest absolute Gasteiger partial charge is 0.477 e. The fraction of sp³-hybridized carbons (Fsp3) is 0.560. The zero-order chi connectivity index (χ0) is 22.8. The van der Waals surface area contributed by atoms with Crippen LogP contribution < -0.4 is 11.1 Å². The van der Waals surface area contributed by atoms with Crippen molar-refractivity contribution in [2.45, 2.75) is 66.5 Å². The van der Waals surface area contributed by atoms with Gasteiger partial charge >= 0.3 is 0 Å². The summed E-state index contributed by atoms with van der Waals surface area (Å²) in [7, 11) is 0. The molecule has 0 bridgehead atoms. The molecule has 1 aliphatic heterocycles. The molecule has 0 unspecified atom stereocenters. The minimum Gasteiger partial charge on any atom is -0.477 e. The second-order valence-corrected chi connectivity index (χ2v) is 8.69. The number of likely N-dealkylation sites (tertiary alicyclic amines) is 1. The molecule has 30 heavy (non-hydrogen) atoms. The van der Waals surface area contributed by atoms with E-state index in [-0.39, 0.29) is 6.10 Å². The van der Waals surface area contributed by atoms with Crippen molar-refractivity contribution in [3.8, 4) is 0 Å². The lowest BCUT2D eigenvalue weighted by Crippen LogP contribution is -2.42. The molecule has 0 aliphatic carbocycles. The van der Waals surface area contributed by atoms with Gasteiger partial charge in [0.1, 0.15) is 0 Å². The van der Waals surface area contributed by atoms with Gasteiger partial charge in [-0.05, 0) is 70.3 Å². The van der Waals surface area contributed by atoms with Crippen LogP contribution in [0.2, 0.25) is 0 Å². The lowest BCUT2D eigenvalue weighted by Gasteiger charge is -2.36. The summed E-state index contributed by atoms with van der Waals surface area (Å²) in [6.45, 7) is 26.8. The maximum Gasteiger partial charge on any atom is 0.179 e. The van der Waals surface area contributed by atoms with Gasteiger partial charge in [-0.25, -0.2) is 0 Å². The Morgan fingerprint density at radius 3 is 2.27 bits per heavy atom. The Labute approximate surface area is 184 Å². The van der Waals surface area contributed by atoms with E-state index in [2.05, 4.69) is 67.9 Å². The summed E-state index contributed by atoms with van der Waals surface area (Å²) >= 11 is 0. The molecule has 0 aromatic heterocycles. The molecular formula is C25H42N4O. The highest BCUT2D eigenvalue weighted by Gasteiger charge is 2.21. The molecule has 3 N–H and O–H groups in total. The second kappa shape index (κ2) is 12.3. The van der Waals surface area contributed by atoms with E-state index in [1.807, 2.05) is 20.8 Å². The first-order valence-electron chi connectivity index (χ1n) is 10.9. The van der Waals surface area contributed by atoms with Crippen LogP contribution in [0.3, 0.4) is 0 Å². The number of ether oxygens (including phenoxy) is 1. The molecule has 0 saturated carbocycles. The zero-order valence-electron chi connectivity index (χ0n) is 19.9. The molecular weight excluding hydrogens is 372 g/mol. The van der Waals surface area contributed by atoms with Gasteiger partial charge in [-0.2, -0.15) is 0 Å². The van der Waals surface area contributed by atoms with E-state index in [1.165, 1.54) is 5.70 Å². The van der Waals surface area contributed by atoms with E-state index in [0.717, 1.165) is 42.8 Å². The highest BCUT2D eigenvalue weighted by Crippen LogP contribution is 2.21. The lowest BCUT2D eigenvalue weighted by atomic mass is 10.0. The van der Waals surface area contributed by atoms with Crippen LogP contribution >= 0.6 is 0 Å². The van der Waals surface area contributed by atoms with Gasteiger partial charge in [0.05, 0.1) is 18.4 Å². The van der Waals surface area contributed by atoms with Crippen LogP contribution in [-0.2, 0) is 4.74 Å². The molecule has 1 heterocycles. The SMILES string of the molecule is C=C(NC1CCN(C(/C=C(/C)C(=C)CN=C(C)C(=C)N)=C/C(C)C)CC1)OC(C)C. The highest BCUT2D eigenvalue weighted by atomic mass is 16.5. The van der Waals surface area contributed by atoms with Gasteiger partial charge < -0.3 is 20.7 Å². The van der Waals surface area contributed by atoms with Crippen LogP contribution in [0.4, 0.5) is 0 Å². The maximum absolute atomic E-state index is 5.69. The van der Waals surface area contributed by atoms with Gasteiger partial charge in [-0.15, -0.1) is 0 Å². The van der Waals surface area contributed by atoms with Crippen LogP contribution in [0, 0.1) is 5.92 Å². The Hall–Kier alpha value is -2.43. The van der Waals surface area contributed by atoms with Crippen molar-refractivity contribution in [1.29, 1.82) is 0 Å². The van der Waals surface area contributed by atoms with Crippen LogP contribution in [-0.4, -0.2) is 42.4 Å². The van der Waals surface area contributed by atoms with Crippen molar-refractivity contribution >= 4 is 5.71 Å². The average Bonchev–Trinajstić information content (AvgIpc) is 2.64. The normalized spacial score (nSPS) is 16.8. The van der Waals surface area contributed by atoms with Gasteiger partial charge in [0.2, 0.25) is 0 Å². The average molecular weight is 415 g/mol. The molecule has 1 saturated heterocycles. The van der Waals surface area contributed by atoms with Gasteiger partial charge in [0.25, 0.3) is 0 Å². The Morgan fingerprint density at radius 1 is 1.17 bits per heavy atom. The lowest BCUT2D eigenvalue weighted by molar-refractivity contribution is 0.119. The number of aliphatic imine (C=N–C) groups is 1. The molecule has 5 heteroatoms. The van der Waals surface area contributed by atoms with E-state index in [9.17, 15) is 0 Å². The molecule has 0 atom stereocenters. The summed E-state index contributed by atoms with van der Waals surface area (Å²) in [6.07, 6.45) is 6.79. The van der Waals surface area contributed by atoms with Crippen LogP contribution in [0.5, 0.6) is 0 Å². The van der Waals surface area contributed by atoms with Crippen molar-refractivity contribution in [2.24, 2.45) is 16.6 Å². The van der Waals surface area contributed by atoms with E-state index in [0.29, 0.717) is 30.1 Å². The van der Waals surface area contributed by atoms with Crippen LogP contribution in [0.25, 0.3) is 0 Å². The number of nitrogens with one attached hydrogen (secondary N) is 1. The molecule has 1 aliphatic rings. The minimum atomic E-state index is 0.142. The number of nitrogens with two attached hydrogens (primary N) is 1. The molecule has 0 spiro atoms. The van der Waals surface area contributed by atoms with E-state index in [1.54, 1.807) is 0 Å². The number of nitrogens with zero attached hydrogens (tertiary/aromatic N) is 2. The molecule has 5 nitrogen and oxygen atoms in total. The third-order valence-electron chi connectivity index (χ3n) is 5.00. The highest BCUT2D eigenvalue weighted by molar-refractivity contribution is 5.96. The van der Waals surface area contributed by atoms with Crippen molar-refractivity contribution in [1.82, 2.24) is 10.2 Å². The monoisotopic (exact) mass is 414 g/mol. The smallest absolute Gasteiger partial charge is 0.179 e. The van der Waals surface area contributed by atoms with E-state index < -0.39 is 0 Å². The summed E-state index contributed by atoms with van der Waals surface area (Å²) in [5, 5.41) is 3.42. The minimum absolute atomic E-state index is 0.142. The molecule has 1 rings (SSSR count). The first kappa shape index (κ1) is 25.6. The molecule has 0 radical (unpaired) electrons. The number of rotatable bonds is 11. The molecule has 0 aromatic rings. The van der Waals surface area contributed by atoms with Crippen molar-refractivity contribution < 1.29 is 4.74 Å². The summed E-state index contributed by atoms with van der Waals surface area (Å²) in [5.74, 6) is 1.14. The Balaban J connectivity index is 2.78. The first-order valence-corrected chi connectivity index (χ1v) is 10.9. The summed E-state index contributed by atoms with van der Waals surface area (Å²) < 4.78 is 5.64. The van der Waals surface area contributed by atoms with Gasteiger partial charge in [0.15, 0.2) is 5.88 Å². The number of piperidine rings is 1. The standard InChI is InChI=1S/C25H42N4O/c1-17(2)14-25(15-19(5)20(6)16-27-22(8)21(7)26)29-12-10-24(11-13-29)28-23(9)30-18(3)4/h14-15,17-18,24,28H,6-7,9-13,16,26H2,1-5,8H3/b19-15-,25-14+,27-22?. The predicted molar refractivity (Wildman–Crippen MR) is 130 cm³/mol. The van der Waals surface area contributed by atoms with E-state index >= 15 is 0 Å². The van der Waals surface area contributed by atoms with Crippen LogP contribution in [0.15, 0.2) is 65.3 Å². The summed E-state index contributed by atoms with van der Waals surface area (Å²) in [6, 6.07) is 0.398. The third-order valence-corrected chi connectivity index (χ3v) is 5.00. The fourth-order valence-electron chi connectivity index (χ4n) is 3.18. The van der Waals surface area contributed by atoms with Crippen molar-refractivity contribution in [2.75, 3.05) is 19.6 Å². The zero-order valence-corrected chi connectivity index (χ0v) is 19.9. The molecule has 0 amide bonds. The Morgan fingerprint density at radius 2 is 1.77 bits per heavy atom. The Bertz CT molecular complexity index is 705. The first-order chi connectivity index (χ1) is 14.0. The maximum atomic E-state index is 5.69.